The second-order valence-corrected chi connectivity index (χ2v) is 7.70. The van der Waals surface area contributed by atoms with Crippen LogP contribution in [0.1, 0.15) is 25.3 Å². The van der Waals surface area contributed by atoms with Crippen molar-refractivity contribution in [3.8, 4) is 0 Å². The molecule has 0 spiro atoms. The van der Waals surface area contributed by atoms with Crippen LogP contribution in [-0.4, -0.2) is 35.6 Å². The van der Waals surface area contributed by atoms with Gasteiger partial charge in [-0.05, 0) is 36.2 Å². The Morgan fingerprint density at radius 3 is 2.37 bits per heavy atom. The molecule has 0 aliphatic heterocycles. The van der Waals surface area contributed by atoms with Crippen LogP contribution in [0.3, 0.4) is 0 Å². The van der Waals surface area contributed by atoms with Gasteiger partial charge in [0.2, 0.25) is 11.8 Å². The normalized spacial score (nSPS) is 11.7. The van der Waals surface area contributed by atoms with E-state index in [0.29, 0.717) is 30.2 Å². The van der Waals surface area contributed by atoms with Gasteiger partial charge in [0.1, 0.15) is 6.04 Å². The van der Waals surface area contributed by atoms with Gasteiger partial charge in [-0.25, -0.2) is 0 Å². The van der Waals surface area contributed by atoms with Crippen molar-refractivity contribution in [2.45, 2.75) is 37.2 Å². The Balaban J connectivity index is 2.05. The summed E-state index contributed by atoms with van der Waals surface area (Å²) in [6.07, 6.45) is 0.941. The number of hydrogen-bond donors (Lipinski definition) is 1. The third-order valence-corrected chi connectivity index (χ3v) is 5.49. The van der Waals surface area contributed by atoms with Gasteiger partial charge in [-0.15, -0.1) is 11.8 Å². The molecule has 4 nitrogen and oxygen atoms in total. The Hall–Kier alpha value is -1.98. The first-order chi connectivity index (χ1) is 13.0. The molecule has 2 rings (SSSR count). The maximum Gasteiger partial charge on any atom is 0.242 e. The van der Waals surface area contributed by atoms with Gasteiger partial charge in [-0.1, -0.05) is 48.9 Å². The minimum Gasteiger partial charge on any atom is -0.357 e. The second kappa shape index (κ2) is 11.0. The molecule has 2 aromatic rings. The standard InChI is InChI=1S/C21H25ClN2O2S/c1-3-19(21(26)23-2)24(15-16-7-5-4-6-8-16)20(25)13-14-27-18-11-9-17(22)10-12-18/h4-12,19H,3,13-15H2,1-2H3,(H,23,26)/t19-/m1/s1. The monoisotopic (exact) mass is 404 g/mol. The van der Waals surface area contributed by atoms with Crippen LogP contribution in [0.2, 0.25) is 5.02 Å². The average Bonchev–Trinajstić information content (AvgIpc) is 2.69. The number of thioether (sulfide) groups is 1. The second-order valence-electron chi connectivity index (χ2n) is 6.10. The molecule has 0 unspecified atom stereocenters. The molecule has 144 valence electrons. The van der Waals surface area contributed by atoms with Crippen molar-refractivity contribution in [3.05, 3.63) is 65.2 Å². The number of hydrogen-bond acceptors (Lipinski definition) is 3. The summed E-state index contributed by atoms with van der Waals surface area (Å²) in [5.74, 6) is 0.499. The maximum absolute atomic E-state index is 12.9. The minimum atomic E-state index is -0.469. The molecule has 0 aliphatic rings. The SMILES string of the molecule is CC[C@H](C(=O)NC)N(Cc1ccccc1)C(=O)CCSc1ccc(Cl)cc1. The Bertz CT molecular complexity index is 738. The fraction of sp³-hybridized carbons (Fsp3) is 0.333. The molecule has 1 atom stereocenters. The Morgan fingerprint density at radius 2 is 1.78 bits per heavy atom. The van der Waals surface area contributed by atoms with Gasteiger partial charge in [0.25, 0.3) is 0 Å². The summed E-state index contributed by atoms with van der Waals surface area (Å²) in [7, 11) is 1.60. The van der Waals surface area contributed by atoms with Crippen LogP contribution in [0.4, 0.5) is 0 Å². The van der Waals surface area contributed by atoms with Crippen LogP contribution in [-0.2, 0) is 16.1 Å². The van der Waals surface area contributed by atoms with Crippen molar-refractivity contribution in [1.82, 2.24) is 10.2 Å². The van der Waals surface area contributed by atoms with Crippen molar-refractivity contribution in [3.63, 3.8) is 0 Å². The Labute approximate surface area is 170 Å². The molecule has 0 aromatic heterocycles. The van der Waals surface area contributed by atoms with Gasteiger partial charge < -0.3 is 10.2 Å². The van der Waals surface area contributed by atoms with Crippen molar-refractivity contribution < 1.29 is 9.59 Å². The minimum absolute atomic E-state index is 0.0178. The summed E-state index contributed by atoms with van der Waals surface area (Å²) < 4.78 is 0. The number of halogens is 1. The first-order valence-electron chi connectivity index (χ1n) is 8.98. The molecular formula is C21H25ClN2O2S. The van der Waals surface area contributed by atoms with Crippen LogP contribution in [0.15, 0.2) is 59.5 Å². The zero-order chi connectivity index (χ0) is 19.6. The predicted octanol–water partition coefficient (Wildman–Crippen LogP) is 4.38. The van der Waals surface area contributed by atoms with E-state index in [4.69, 9.17) is 11.6 Å². The topological polar surface area (TPSA) is 49.4 Å². The van der Waals surface area contributed by atoms with E-state index in [-0.39, 0.29) is 11.8 Å². The molecule has 0 radical (unpaired) electrons. The van der Waals surface area contributed by atoms with Crippen LogP contribution < -0.4 is 5.32 Å². The van der Waals surface area contributed by atoms with Crippen molar-refractivity contribution in [1.29, 1.82) is 0 Å². The van der Waals surface area contributed by atoms with Crippen LogP contribution in [0.5, 0.6) is 0 Å². The molecule has 27 heavy (non-hydrogen) atoms. The smallest absolute Gasteiger partial charge is 0.242 e. The van der Waals surface area contributed by atoms with Gasteiger partial charge >= 0.3 is 0 Å². The number of nitrogens with zero attached hydrogens (tertiary/aromatic N) is 1. The predicted molar refractivity (Wildman–Crippen MR) is 112 cm³/mol. The number of benzene rings is 2. The molecule has 6 heteroatoms. The van der Waals surface area contributed by atoms with E-state index in [9.17, 15) is 9.59 Å². The number of carbonyl (C=O) groups excluding carboxylic acids is 2. The molecule has 1 N–H and O–H groups in total. The molecule has 2 aromatic carbocycles. The highest BCUT2D eigenvalue weighted by atomic mass is 35.5. The molecule has 0 heterocycles. The van der Waals surface area contributed by atoms with E-state index in [1.807, 2.05) is 61.5 Å². The highest BCUT2D eigenvalue weighted by molar-refractivity contribution is 7.99. The number of rotatable bonds is 9. The summed E-state index contributed by atoms with van der Waals surface area (Å²) in [4.78, 5) is 28.0. The van der Waals surface area contributed by atoms with Crippen molar-refractivity contribution in [2.24, 2.45) is 0 Å². The summed E-state index contributed by atoms with van der Waals surface area (Å²) in [5, 5.41) is 3.37. The van der Waals surface area contributed by atoms with Gasteiger partial charge in [-0.2, -0.15) is 0 Å². The number of carbonyl (C=O) groups is 2. The average molecular weight is 405 g/mol. The summed E-state index contributed by atoms with van der Waals surface area (Å²) >= 11 is 7.51. The van der Waals surface area contributed by atoms with Crippen molar-refractivity contribution in [2.75, 3.05) is 12.8 Å². The van der Waals surface area contributed by atoms with Crippen molar-refractivity contribution >= 4 is 35.2 Å². The van der Waals surface area contributed by atoms with Gasteiger partial charge in [0.05, 0.1) is 0 Å². The lowest BCUT2D eigenvalue weighted by Gasteiger charge is -2.30. The zero-order valence-corrected chi connectivity index (χ0v) is 17.2. The van der Waals surface area contributed by atoms with Crippen LogP contribution in [0, 0.1) is 0 Å². The lowest BCUT2D eigenvalue weighted by Crippen LogP contribution is -2.48. The van der Waals surface area contributed by atoms with E-state index in [2.05, 4.69) is 5.32 Å². The first-order valence-corrected chi connectivity index (χ1v) is 10.3. The third-order valence-electron chi connectivity index (χ3n) is 4.23. The van der Waals surface area contributed by atoms with Crippen LogP contribution in [0.25, 0.3) is 0 Å². The Morgan fingerprint density at radius 1 is 1.11 bits per heavy atom. The van der Waals surface area contributed by atoms with Gasteiger partial charge in [0, 0.05) is 35.7 Å². The van der Waals surface area contributed by atoms with Gasteiger partial charge in [0.15, 0.2) is 0 Å². The van der Waals surface area contributed by atoms with E-state index in [1.54, 1.807) is 23.7 Å². The molecule has 0 bridgehead atoms. The summed E-state index contributed by atoms with van der Waals surface area (Å²) in [6.45, 7) is 2.35. The highest BCUT2D eigenvalue weighted by Crippen LogP contribution is 2.22. The van der Waals surface area contributed by atoms with Gasteiger partial charge in [-0.3, -0.25) is 9.59 Å². The molecule has 0 saturated carbocycles. The molecule has 0 aliphatic carbocycles. The number of likely N-dealkylation sites (N-methyl/N-ethyl adjacent to an activating group) is 1. The highest BCUT2D eigenvalue weighted by Gasteiger charge is 2.27. The quantitative estimate of drug-likeness (QED) is 0.631. The molecule has 0 saturated heterocycles. The fourth-order valence-corrected chi connectivity index (χ4v) is 3.76. The largest absolute Gasteiger partial charge is 0.357 e. The molecular weight excluding hydrogens is 380 g/mol. The van der Waals surface area contributed by atoms with E-state index < -0.39 is 6.04 Å². The Kier molecular flexibility index (Phi) is 8.69. The summed E-state index contributed by atoms with van der Waals surface area (Å²) in [5.41, 5.74) is 1.01. The fourth-order valence-electron chi connectivity index (χ4n) is 2.80. The third kappa shape index (κ3) is 6.60. The number of amides is 2. The van der Waals surface area contributed by atoms with E-state index >= 15 is 0 Å². The number of nitrogens with one attached hydrogen (secondary N) is 1. The van der Waals surface area contributed by atoms with E-state index in [0.717, 1.165) is 10.5 Å². The molecule has 2 amide bonds. The summed E-state index contributed by atoms with van der Waals surface area (Å²) in [6, 6.07) is 16.9. The van der Waals surface area contributed by atoms with E-state index in [1.165, 1.54) is 0 Å². The lowest BCUT2D eigenvalue weighted by molar-refractivity contribution is -0.140. The molecule has 0 fully saturated rings. The lowest BCUT2D eigenvalue weighted by atomic mass is 10.1. The maximum atomic E-state index is 12.9. The first kappa shape index (κ1) is 21.3. The zero-order valence-electron chi connectivity index (χ0n) is 15.7. The van der Waals surface area contributed by atoms with Crippen LogP contribution >= 0.6 is 23.4 Å².